The topological polar surface area (TPSA) is 69.0 Å². The van der Waals surface area contributed by atoms with Crippen molar-refractivity contribution < 1.29 is 18.7 Å². The quantitative estimate of drug-likeness (QED) is 0.595. The van der Waals surface area contributed by atoms with E-state index in [1.807, 2.05) is 6.92 Å². The van der Waals surface area contributed by atoms with Crippen LogP contribution in [0.2, 0.25) is 10.0 Å². The minimum atomic E-state index is -0.414. The number of hydrogen-bond acceptors (Lipinski definition) is 5. The zero-order valence-corrected chi connectivity index (χ0v) is 17.8. The van der Waals surface area contributed by atoms with Crippen LogP contribution in [0, 0.1) is 6.92 Å². The number of ether oxygens (including phenoxy) is 2. The molecule has 1 aliphatic heterocycles. The smallest absolute Gasteiger partial charge is 0.260 e. The van der Waals surface area contributed by atoms with Gasteiger partial charge in [-0.2, -0.15) is 0 Å². The van der Waals surface area contributed by atoms with E-state index in [2.05, 4.69) is 0 Å². The number of nitrogens with zero attached hydrogens (tertiary/aromatic N) is 1. The molecule has 1 aromatic heterocycles. The molecule has 30 heavy (non-hydrogen) atoms. The summed E-state index contributed by atoms with van der Waals surface area (Å²) in [5, 5.41) is 1.11. The summed E-state index contributed by atoms with van der Waals surface area (Å²) < 4.78 is 17.0. The number of amides is 1. The number of morpholine rings is 1. The molecule has 0 bridgehead atoms. The van der Waals surface area contributed by atoms with E-state index < -0.39 is 5.43 Å². The molecule has 0 aliphatic carbocycles. The third-order valence-electron chi connectivity index (χ3n) is 4.95. The van der Waals surface area contributed by atoms with Gasteiger partial charge >= 0.3 is 0 Å². The van der Waals surface area contributed by atoms with Gasteiger partial charge in [0.2, 0.25) is 11.2 Å². The first-order valence-corrected chi connectivity index (χ1v) is 10.2. The standard InChI is InChI=1S/C22H19Cl2NO5/c1-13-10-18-15(11-17(13)24)20(27)22(21(30-18)14-4-2-3-5-16(14)23)29-12-19(26)25-6-8-28-9-7-25/h2-5,10-11H,6-9,12H2,1H3. The number of carbonyl (C=O) groups excluding carboxylic acids is 1. The molecule has 3 aromatic rings. The van der Waals surface area contributed by atoms with Crippen LogP contribution in [-0.2, 0) is 9.53 Å². The molecule has 1 fully saturated rings. The Morgan fingerprint density at radius 2 is 1.87 bits per heavy atom. The number of hydrogen-bond donors (Lipinski definition) is 0. The number of carbonyl (C=O) groups is 1. The number of halogens is 2. The fraction of sp³-hybridized carbons (Fsp3) is 0.273. The second-order valence-corrected chi connectivity index (χ2v) is 7.76. The van der Waals surface area contributed by atoms with Crippen molar-refractivity contribution in [2.45, 2.75) is 6.92 Å². The molecule has 1 saturated heterocycles. The maximum absolute atomic E-state index is 13.3. The molecule has 8 heteroatoms. The highest BCUT2D eigenvalue weighted by Crippen LogP contribution is 2.36. The van der Waals surface area contributed by atoms with Gasteiger partial charge in [-0.1, -0.05) is 35.3 Å². The van der Waals surface area contributed by atoms with E-state index in [-0.39, 0.29) is 29.4 Å². The zero-order valence-electron chi connectivity index (χ0n) is 16.2. The highest BCUT2D eigenvalue weighted by molar-refractivity contribution is 6.33. The first-order chi connectivity index (χ1) is 14.5. The highest BCUT2D eigenvalue weighted by Gasteiger charge is 2.23. The number of rotatable bonds is 4. The van der Waals surface area contributed by atoms with Crippen LogP contribution in [0.25, 0.3) is 22.3 Å². The molecule has 156 valence electrons. The van der Waals surface area contributed by atoms with E-state index >= 15 is 0 Å². The van der Waals surface area contributed by atoms with E-state index in [0.717, 1.165) is 5.56 Å². The minimum absolute atomic E-state index is 0.0721. The van der Waals surface area contributed by atoms with Crippen molar-refractivity contribution in [3.63, 3.8) is 0 Å². The normalized spacial score (nSPS) is 14.2. The summed E-state index contributed by atoms with van der Waals surface area (Å²) in [6.07, 6.45) is 0. The summed E-state index contributed by atoms with van der Waals surface area (Å²) in [7, 11) is 0. The molecule has 6 nitrogen and oxygen atoms in total. The summed E-state index contributed by atoms with van der Waals surface area (Å²) in [4.78, 5) is 27.4. The zero-order chi connectivity index (χ0) is 21.3. The lowest BCUT2D eigenvalue weighted by Gasteiger charge is -2.26. The van der Waals surface area contributed by atoms with Crippen molar-refractivity contribution in [1.82, 2.24) is 4.90 Å². The fourth-order valence-electron chi connectivity index (χ4n) is 3.29. The van der Waals surface area contributed by atoms with Crippen molar-refractivity contribution in [2.75, 3.05) is 32.9 Å². The molecular weight excluding hydrogens is 429 g/mol. The van der Waals surface area contributed by atoms with E-state index in [1.165, 1.54) is 0 Å². The Morgan fingerprint density at radius 1 is 1.13 bits per heavy atom. The fourth-order valence-corrected chi connectivity index (χ4v) is 3.68. The van der Waals surface area contributed by atoms with Crippen molar-refractivity contribution in [3.05, 3.63) is 62.2 Å². The number of aryl methyl sites for hydroxylation is 1. The van der Waals surface area contributed by atoms with Crippen LogP contribution >= 0.6 is 23.2 Å². The Balaban J connectivity index is 1.79. The van der Waals surface area contributed by atoms with Gasteiger partial charge in [0.05, 0.1) is 23.6 Å². The maximum Gasteiger partial charge on any atom is 0.260 e. The Kier molecular flexibility index (Phi) is 5.99. The van der Waals surface area contributed by atoms with E-state index in [4.69, 9.17) is 37.1 Å². The largest absolute Gasteiger partial charge is 0.476 e. The number of benzene rings is 2. The molecule has 2 heterocycles. The third kappa shape index (κ3) is 4.03. The highest BCUT2D eigenvalue weighted by atomic mass is 35.5. The summed E-state index contributed by atoms with van der Waals surface area (Å²) >= 11 is 12.6. The van der Waals surface area contributed by atoms with Crippen LogP contribution in [0.5, 0.6) is 5.75 Å². The SMILES string of the molecule is Cc1cc2oc(-c3ccccc3Cl)c(OCC(=O)N3CCOCC3)c(=O)c2cc1Cl. The molecule has 1 amide bonds. The Hall–Kier alpha value is -2.54. The average Bonchev–Trinajstić information content (AvgIpc) is 2.75. The summed E-state index contributed by atoms with van der Waals surface area (Å²) in [6.45, 7) is 3.45. The van der Waals surface area contributed by atoms with Crippen molar-refractivity contribution in [2.24, 2.45) is 0 Å². The van der Waals surface area contributed by atoms with Crippen LogP contribution in [0.15, 0.2) is 45.6 Å². The van der Waals surface area contributed by atoms with Crippen molar-refractivity contribution in [1.29, 1.82) is 0 Å². The first-order valence-electron chi connectivity index (χ1n) is 9.46. The lowest BCUT2D eigenvalue weighted by molar-refractivity contribution is -0.137. The molecule has 0 radical (unpaired) electrons. The van der Waals surface area contributed by atoms with Gasteiger partial charge in [-0.3, -0.25) is 9.59 Å². The Morgan fingerprint density at radius 3 is 2.60 bits per heavy atom. The average molecular weight is 448 g/mol. The van der Waals surface area contributed by atoms with Crippen molar-refractivity contribution >= 4 is 40.1 Å². The first kappa shape index (κ1) is 20.7. The lowest BCUT2D eigenvalue weighted by Crippen LogP contribution is -2.43. The molecule has 2 aromatic carbocycles. The van der Waals surface area contributed by atoms with Gasteiger partial charge < -0.3 is 18.8 Å². The molecule has 0 atom stereocenters. The minimum Gasteiger partial charge on any atom is -0.476 e. The van der Waals surface area contributed by atoms with Crippen LogP contribution < -0.4 is 10.2 Å². The van der Waals surface area contributed by atoms with Gasteiger partial charge in [0.1, 0.15) is 5.58 Å². The molecule has 4 rings (SSSR count). The number of fused-ring (bicyclic) bond motifs is 1. The molecular formula is C22H19Cl2NO5. The predicted molar refractivity (Wildman–Crippen MR) is 116 cm³/mol. The van der Waals surface area contributed by atoms with Gasteiger partial charge in [-0.15, -0.1) is 0 Å². The van der Waals surface area contributed by atoms with Gasteiger partial charge in [0.25, 0.3) is 5.91 Å². The third-order valence-corrected chi connectivity index (χ3v) is 5.69. The van der Waals surface area contributed by atoms with Crippen LogP contribution in [0.4, 0.5) is 0 Å². The second kappa shape index (κ2) is 8.68. The Labute approximate surface area is 182 Å². The van der Waals surface area contributed by atoms with Gasteiger partial charge in [0, 0.05) is 23.7 Å². The van der Waals surface area contributed by atoms with Crippen molar-refractivity contribution in [3.8, 4) is 17.1 Å². The van der Waals surface area contributed by atoms with E-state index in [9.17, 15) is 9.59 Å². The summed E-state index contributed by atoms with van der Waals surface area (Å²) in [5.74, 6) is -0.128. The van der Waals surface area contributed by atoms with Gasteiger partial charge in [-0.25, -0.2) is 0 Å². The summed E-state index contributed by atoms with van der Waals surface area (Å²) in [6, 6.07) is 10.2. The maximum atomic E-state index is 13.3. The lowest BCUT2D eigenvalue weighted by atomic mass is 10.1. The van der Waals surface area contributed by atoms with E-state index in [1.54, 1.807) is 41.3 Å². The molecule has 1 aliphatic rings. The van der Waals surface area contributed by atoms with Crippen LogP contribution in [0.3, 0.4) is 0 Å². The Bertz CT molecular complexity index is 1170. The van der Waals surface area contributed by atoms with Crippen LogP contribution in [0.1, 0.15) is 5.56 Å². The monoisotopic (exact) mass is 447 g/mol. The van der Waals surface area contributed by atoms with Gasteiger partial charge in [-0.05, 0) is 36.8 Å². The molecule has 0 spiro atoms. The molecule has 0 N–H and O–H groups in total. The second-order valence-electron chi connectivity index (χ2n) is 6.95. The van der Waals surface area contributed by atoms with Gasteiger partial charge in [0.15, 0.2) is 12.4 Å². The summed E-state index contributed by atoms with van der Waals surface area (Å²) in [5.41, 5.74) is 1.22. The molecule has 0 saturated carbocycles. The van der Waals surface area contributed by atoms with E-state index in [0.29, 0.717) is 47.5 Å². The molecule has 0 unspecified atom stereocenters. The van der Waals surface area contributed by atoms with Crippen LogP contribution in [-0.4, -0.2) is 43.7 Å². The predicted octanol–water partition coefficient (Wildman–Crippen LogP) is 4.31.